The maximum Gasteiger partial charge on any atom is 0.262 e. The highest BCUT2D eigenvalue weighted by molar-refractivity contribution is 6.21. The lowest BCUT2D eigenvalue weighted by atomic mass is 9.90. The third-order valence-electron chi connectivity index (χ3n) is 4.23. The Balaban J connectivity index is 1.76. The molecule has 0 aromatic heterocycles. The Bertz CT molecular complexity index is 790. The topological polar surface area (TPSA) is 57.6 Å². The van der Waals surface area contributed by atoms with Crippen LogP contribution in [0, 0.1) is 0 Å². The van der Waals surface area contributed by atoms with Gasteiger partial charge in [0.05, 0.1) is 17.2 Å². The number of aliphatic hydroxyl groups is 1. The molecule has 4 heteroatoms. The molecule has 1 aliphatic carbocycles. The normalized spacial score (nSPS) is 22.7. The number of rotatable bonds is 1. The largest absolute Gasteiger partial charge is 0.386 e. The average Bonchev–Trinajstić information content (AvgIpc) is 2.81. The molecule has 0 saturated carbocycles. The first-order valence-electron chi connectivity index (χ1n) is 7.10. The molecule has 2 aromatic carbocycles. The van der Waals surface area contributed by atoms with Crippen molar-refractivity contribution in [2.75, 3.05) is 0 Å². The van der Waals surface area contributed by atoms with E-state index < -0.39 is 12.1 Å². The maximum atomic E-state index is 12.5. The number of nitrogens with zero attached hydrogens (tertiary/aromatic N) is 1. The number of hydrogen-bond acceptors (Lipinski definition) is 3. The Morgan fingerprint density at radius 2 is 1.45 bits per heavy atom. The van der Waals surface area contributed by atoms with Gasteiger partial charge in [0, 0.05) is 0 Å². The van der Waals surface area contributed by atoms with Crippen LogP contribution in [-0.2, 0) is 0 Å². The number of hydrogen-bond donors (Lipinski definition) is 1. The number of fused-ring (bicyclic) bond motifs is 2. The number of carbonyl (C=O) groups excluding carboxylic acids is 2. The summed E-state index contributed by atoms with van der Waals surface area (Å²) < 4.78 is 0. The monoisotopic (exact) mass is 291 g/mol. The molecular formula is C18H13NO3. The van der Waals surface area contributed by atoms with E-state index in [1.54, 1.807) is 30.3 Å². The lowest BCUT2D eigenvalue weighted by Crippen LogP contribution is -2.43. The third kappa shape index (κ3) is 1.68. The first-order chi connectivity index (χ1) is 10.7. The molecule has 0 saturated heterocycles. The van der Waals surface area contributed by atoms with Gasteiger partial charge in [-0.2, -0.15) is 0 Å². The van der Waals surface area contributed by atoms with Crippen LogP contribution in [-0.4, -0.2) is 27.9 Å². The molecule has 1 N–H and O–H groups in total. The van der Waals surface area contributed by atoms with E-state index in [-0.39, 0.29) is 11.8 Å². The van der Waals surface area contributed by atoms with Crippen molar-refractivity contribution in [3.8, 4) is 0 Å². The van der Waals surface area contributed by atoms with Gasteiger partial charge < -0.3 is 5.11 Å². The number of aliphatic hydroxyl groups excluding tert-OH is 1. The Morgan fingerprint density at radius 1 is 0.864 bits per heavy atom. The van der Waals surface area contributed by atoms with Crippen LogP contribution < -0.4 is 0 Å². The molecule has 0 radical (unpaired) electrons. The smallest absolute Gasteiger partial charge is 0.262 e. The van der Waals surface area contributed by atoms with Crippen molar-refractivity contribution in [1.82, 2.24) is 4.90 Å². The first-order valence-corrected chi connectivity index (χ1v) is 7.10. The molecule has 0 fully saturated rings. The van der Waals surface area contributed by atoms with Crippen molar-refractivity contribution >= 4 is 17.9 Å². The summed E-state index contributed by atoms with van der Waals surface area (Å²) in [7, 11) is 0. The Labute approximate surface area is 127 Å². The van der Waals surface area contributed by atoms with Gasteiger partial charge in [0.2, 0.25) is 0 Å². The van der Waals surface area contributed by atoms with E-state index in [0.717, 1.165) is 16.0 Å². The summed E-state index contributed by atoms with van der Waals surface area (Å²) in [5, 5.41) is 10.6. The van der Waals surface area contributed by atoms with Crippen molar-refractivity contribution < 1.29 is 14.7 Å². The zero-order valence-electron chi connectivity index (χ0n) is 11.6. The number of benzene rings is 2. The zero-order valence-corrected chi connectivity index (χ0v) is 11.6. The van der Waals surface area contributed by atoms with Gasteiger partial charge >= 0.3 is 0 Å². The van der Waals surface area contributed by atoms with Crippen LogP contribution in [0.3, 0.4) is 0 Å². The van der Waals surface area contributed by atoms with Crippen LogP contribution in [0.1, 0.15) is 37.9 Å². The summed E-state index contributed by atoms with van der Waals surface area (Å²) in [4.78, 5) is 26.2. The molecule has 108 valence electrons. The molecule has 4 nitrogen and oxygen atoms in total. The summed E-state index contributed by atoms with van der Waals surface area (Å²) in [5.74, 6) is -0.706. The molecule has 1 unspecified atom stereocenters. The van der Waals surface area contributed by atoms with Crippen molar-refractivity contribution in [2.24, 2.45) is 0 Å². The number of amides is 2. The van der Waals surface area contributed by atoms with Gasteiger partial charge in [0.1, 0.15) is 6.10 Å². The molecule has 1 heterocycles. The van der Waals surface area contributed by atoms with E-state index in [1.807, 2.05) is 30.3 Å². The Hall–Kier alpha value is -2.72. The summed E-state index contributed by atoms with van der Waals surface area (Å²) >= 11 is 0. The minimum Gasteiger partial charge on any atom is -0.386 e. The van der Waals surface area contributed by atoms with E-state index in [4.69, 9.17) is 0 Å². The lowest BCUT2D eigenvalue weighted by Gasteiger charge is -2.31. The summed E-state index contributed by atoms with van der Waals surface area (Å²) in [6.45, 7) is 0. The van der Waals surface area contributed by atoms with Gasteiger partial charge in [-0.05, 0) is 23.3 Å². The van der Waals surface area contributed by atoms with Gasteiger partial charge in [0.25, 0.3) is 11.8 Å². The van der Waals surface area contributed by atoms with Crippen molar-refractivity contribution in [1.29, 1.82) is 0 Å². The highest BCUT2D eigenvalue weighted by Crippen LogP contribution is 2.35. The SMILES string of the molecule is O=C1c2ccccc2C(=O)N1[C@@H]1C=Cc2ccccc2C1O. The second kappa shape index (κ2) is 4.64. The fourth-order valence-corrected chi connectivity index (χ4v) is 3.13. The maximum absolute atomic E-state index is 12.5. The van der Waals surface area contributed by atoms with E-state index in [9.17, 15) is 14.7 Å². The minimum atomic E-state index is -0.914. The van der Waals surface area contributed by atoms with Crippen molar-refractivity contribution in [3.63, 3.8) is 0 Å². The third-order valence-corrected chi connectivity index (χ3v) is 4.23. The van der Waals surface area contributed by atoms with Crippen LogP contribution in [0.5, 0.6) is 0 Å². The minimum absolute atomic E-state index is 0.353. The van der Waals surface area contributed by atoms with Gasteiger partial charge in [0.15, 0.2) is 0 Å². The van der Waals surface area contributed by atoms with Gasteiger partial charge in [-0.25, -0.2) is 0 Å². The van der Waals surface area contributed by atoms with Gasteiger partial charge in [-0.15, -0.1) is 0 Å². The summed E-state index contributed by atoms with van der Waals surface area (Å²) in [6, 6.07) is 13.5. The molecule has 2 amide bonds. The van der Waals surface area contributed by atoms with Crippen LogP contribution in [0.2, 0.25) is 0 Å². The second-order valence-corrected chi connectivity index (χ2v) is 5.45. The number of imide groups is 1. The van der Waals surface area contributed by atoms with E-state index >= 15 is 0 Å². The predicted octanol–water partition coefficient (Wildman–Crippen LogP) is 2.41. The lowest BCUT2D eigenvalue weighted by molar-refractivity contribution is 0.0426. The number of carbonyl (C=O) groups is 2. The molecule has 2 aliphatic rings. The molecule has 22 heavy (non-hydrogen) atoms. The van der Waals surface area contributed by atoms with Crippen LogP contribution in [0.15, 0.2) is 54.6 Å². The van der Waals surface area contributed by atoms with Crippen LogP contribution in [0.25, 0.3) is 6.08 Å². The van der Waals surface area contributed by atoms with Gasteiger partial charge in [-0.3, -0.25) is 14.5 Å². The highest BCUT2D eigenvalue weighted by atomic mass is 16.3. The average molecular weight is 291 g/mol. The van der Waals surface area contributed by atoms with E-state index in [1.165, 1.54) is 0 Å². The Morgan fingerprint density at radius 3 is 2.14 bits per heavy atom. The second-order valence-electron chi connectivity index (χ2n) is 5.45. The van der Waals surface area contributed by atoms with Crippen LogP contribution >= 0.6 is 0 Å². The summed E-state index contributed by atoms with van der Waals surface area (Å²) in [5.41, 5.74) is 2.42. The molecule has 2 atom stereocenters. The first kappa shape index (κ1) is 13.0. The zero-order chi connectivity index (χ0) is 15.3. The van der Waals surface area contributed by atoms with Crippen LogP contribution in [0.4, 0.5) is 0 Å². The Kier molecular flexibility index (Phi) is 2.74. The fourth-order valence-electron chi connectivity index (χ4n) is 3.13. The summed E-state index contributed by atoms with van der Waals surface area (Å²) in [6.07, 6.45) is 2.65. The molecule has 2 aromatic rings. The molecule has 4 rings (SSSR count). The van der Waals surface area contributed by atoms with E-state index in [2.05, 4.69) is 0 Å². The standard InChI is InChI=1S/C18H13NO3/c20-16-12-6-2-1-5-11(12)9-10-15(16)19-17(21)13-7-3-4-8-14(13)18(19)22/h1-10,15-16,20H/t15-,16?/m1/s1. The van der Waals surface area contributed by atoms with Crippen molar-refractivity contribution in [2.45, 2.75) is 12.1 Å². The van der Waals surface area contributed by atoms with Crippen molar-refractivity contribution in [3.05, 3.63) is 76.9 Å². The predicted molar refractivity (Wildman–Crippen MR) is 81.2 cm³/mol. The van der Waals surface area contributed by atoms with E-state index in [0.29, 0.717) is 11.1 Å². The molecular weight excluding hydrogens is 278 g/mol. The highest BCUT2D eigenvalue weighted by Gasteiger charge is 2.42. The quantitative estimate of drug-likeness (QED) is 0.821. The molecule has 0 bridgehead atoms. The fraction of sp³-hybridized carbons (Fsp3) is 0.111. The van der Waals surface area contributed by atoms with Gasteiger partial charge in [-0.1, -0.05) is 48.6 Å². The molecule has 0 spiro atoms. The molecule has 1 aliphatic heterocycles.